The Hall–Kier alpha value is 0.487. The first-order valence-corrected chi connectivity index (χ1v) is 9.25. The molecule has 0 heterocycles. The molecule has 0 saturated heterocycles. The minimum atomic E-state index is -1.40. The molecule has 0 aromatic rings. The Morgan fingerprint density at radius 1 is 0.941 bits per heavy atom. The van der Waals surface area contributed by atoms with E-state index in [-0.39, 0.29) is 0 Å². The third-order valence-electron chi connectivity index (χ3n) is 3.13. The van der Waals surface area contributed by atoms with Crippen molar-refractivity contribution < 1.29 is 8.85 Å². The molecule has 0 aliphatic heterocycles. The highest BCUT2D eigenvalue weighted by Crippen LogP contribution is 2.16. The van der Waals surface area contributed by atoms with Crippen LogP contribution in [0.4, 0.5) is 0 Å². The monoisotopic (exact) mass is 278 g/mol. The van der Waals surface area contributed by atoms with Crippen molar-refractivity contribution in [3.8, 4) is 0 Å². The quantitative estimate of drug-likeness (QED) is 0.331. The van der Waals surface area contributed by atoms with Crippen LogP contribution < -0.4 is 0 Å². The number of hydrogen-bond acceptors (Lipinski definition) is 3. The van der Waals surface area contributed by atoms with Crippen LogP contribution in [-0.4, -0.2) is 28.8 Å². The molecule has 2 nitrogen and oxygen atoms in total. The van der Waals surface area contributed by atoms with Crippen molar-refractivity contribution in [2.75, 3.05) is 14.2 Å². The van der Waals surface area contributed by atoms with E-state index in [4.69, 9.17) is 8.85 Å². The Labute approximate surface area is 115 Å². The SMILES string of the molecule is CCCCCCCCCC(S)C[SiH](OC)OC. The second-order valence-electron chi connectivity index (χ2n) is 4.70. The van der Waals surface area contributed by atoms with Crippen molar-refractivity contribution in [1.29, 1.82) is 0 Å². The Bertz CT molecular complexity index is 154. The van der Waals surface area contributed by atoms with Crippen molar-refractivity contribution in [2.24, 2.45) is 0 Å². The fourth-order valence-electron chi connectivity index (χ4n) is 1.97. The summed E-state index contributed by atoms with van der Waals surface area (Å²) in [6.45, 7) is 2.26. The van der Waals surface area contributed by atoms with Crippen LogP contribution in [0.15, 0.2) is 0 Å². The lowest BCUT2D eigenvalue weighted by Gasteiger charge is -2.15. The van der Waals surface area contributed by atoms with Crippen molar-refractivity contribution in [1.82, 2.24) is 0 Å². The third-order valence-corrected chi connectivity index (χ3v) is 6.00. The molecule has 0 bridgehead atoms. The minimum absolute atomic E-state index is 0.460. The van der Waals surface area contributed by atoms with Crippen LogP contribution in [0.5, 0.6) is 0 Å². The smallest absolute Gasteiger partial charge is 0.321 e. The van der Waals surface area contributed by atoms with Crippen LogP contribution in [-0.2, 0) is 8.85 Å². The summed E-state index contributed by atoms with van der Waals surface area (Å²) in [6.07, 6.45) is 10.8. The Balaban J connectivity index is 3.29. The highest BCUT2D eigenvalue weighted by molar-refractivity contribution is 7.81. The van der Waals surface area contributed by atoms with Gasteiger partial charge in [-0.1, -0.05) is 51.9 Å². The Kier molecular flexibility index (Phi) is 13.3. The van der Waals surface area contributed by atoms with E-state index in [1.54, 1.807) is 14.2 Å². The molecule has 1 atom stereocenters. The molecular formula is C13H30O2SSi. The van der Waals surface area contributed by atoms with Gasteiger partial charge in [0.05, 0.1) is 0 Å². The van der Waals surface area contributed by atoms with E-state index in [0.717, 1.165) is 6.04 Å². The molecule has 1 unspecified atom stereocenters. The van der Waals surface area contributed by atoms with E-state index in [0.29, 0.717) is 5.25 Å². The van der Waals surface area contributed by atoms with Gasteiger partial charge in [0.2, 0.25) is 0 Å². The van der Waals surface area contributed by atoms with Gasteiger partial charge in [0.15, 0.2) is 0 Å². The van der Waals surface area contributed by atoms with Crippen LogP contribution in [0, 0.1) is 0 Å². The maximum absolute atomic E-state index is 5.31. The van der Waals surface area contributed by atoms with Crippen molar-refractivity contribution >= 4 is 21.9 Å². The van der Waals surface area contributed by atoms with Gasteiger partial charge < -0.3 is 8.85 Å². The van der Waals surface area contributed by atoms with E-state index in [2.05, 4.69) is 19.6 Å². The zero-order valence-corrected chi connectivity index (χ0v) is 13.8. The fourth-order valence-corrected chi connectivity index (χ4v) is 3.92. The molecule has 0 N–H and O–H groups in total. The molecule has 0 aliphatic carbocycles. The van der Waals surface area contributed by atoms with Crippen molar-refractivity contribution in [3.05, 3.63) is 0 Å². The summed E-state index contributed by atoms with van der Waals surface area (Å²) >= 11 is 4.61. The normalized spacial score (nSPS) is 13.2. The highest BCUT2D eigenvalue weighted by Gasteiger charge is 2.14. The summed E-state index contributed by atoms with van der Waals surface area (Å²) in [5.41, 5.74) is 0. The summed E-state index contributed by atoms with van der Waals surface area (Å²) in [5.74, 6) is 0. The lowest BCUT2D eigenvalue weighted by atomic mass is 10.1. The highest BCUT2D eigenvalue weighted by atomic mass is 32.1. The lowest BCUT2D eigenvalue weighted by molar-refractivity contribution is 0.276. The van der Waals surface area contributed by atoms with Crippen LogP contribution >= 0.6 is 12.6 Å². The van der Waals surface area contributed by atoms with Crippen molar-refractivity contribution in [2.45, 2.75) is 69.6 Å². The molecule has 0 aliphatic rings. The summed E-state index contributed by atoms with van der Waals surface area (Å²) < 4.78 is 10.6. The third kappa shape index (κ3) is 11.3. The molecule has 0 aromatic carbocycles. The van der Waals surface area contributed by atoms with E-state index in [1.165, 1.54) is 51.4 Å². The summed E-state index contributed by atoms with van der Waals surface area (Å²) in [7, 11) is 2.09. The second kappa shape index (κ2) is 12.9. The topological polar surface area (TPSA) is 18.5 Å². The van der Waals surface area contributed by atoms with Crippen molar-refractivity contribution in [3.63, 3.8) is 0 Å². The Morgan fingerprint density at radius 3 is 2.00 bits per heavy atom. The number of rotatable bonds is 12. The molecule has 17 heavy (non-hydrogen) atoms. The van der Waals surface area contributed by atoms with E-state index < -0.39 is 9.28 Å². The Morgan fingerprint density at radius 2 is 1.47 bits per heavy atom. The van der Waals surface area contributed by atoms with E-state index >= 15 is 0 Å². The van der Waals surface area contributed by atoms with Gasteiger partial charge in [-0.15, -0.1) is 0 Å². The van der Waals surface area contributed by atoms with Crippen LogP contribution in [0.2, 0.25) is 6.04 Å². The molecule has 0 amide bonds. The fraction of sp³-hybridized carbons (Fsp3) is 1.00. The first-order valence-electron chi connectivity index (χ1n) is 6.98. The van der Waals surface area contributed by atoms with Gasteiger partial charge in [0, 0.05) is 19.5 Å². The molecule has 4 heteroatoms. The van der Waals surface area contributed by atoms with Gasteiger partial charge in [0.1, 0.15) is 0 Å². The maximum Gasteiger partial charge on any atom is 0.321 e. The summed E-state index contributed by atoms with van der Waals surface area (Å²) in [4.78, 5) is 0. The van der Waals surface area contributed by atoms with Gasteiger partial charge in [-0.2, -0.15) is 12.6 Å². The maximum atomic E-state index is 5.31. The predicted molar refractivity (Wildman–Crippen MR) is 81.4 cm³/mol. The molecule has 104 valence electrons. The second-order valence-corrected chi connectivity index (χ2v) is 7.70. The largest absolute Gasteiger partial charge is 0.400 e. The first kappa shape index (κ1) is 17.5. The molecule has 0 saturated carbocycles. The average molecular weight is 279 g/mol. The lowest BCUT2D eigenvalue weighted by Crippen LogP contribution is -2.23. The predicted octanol–water partition coefficient (Wildman–Crippen LogP) is 3.94. The van der Waals surface area contributed by atoms with Crippen LogP contribution in [0.1, 0.15) is 58.3 Å². The summed E-state index contributed by atoms with van der Waals surface area (Å²) in [6, 6.07) is 1.02. The minimum Gasteiger partial charge on any atom is -0.400 e. The summed E-state index contributed by atoms with van der Waals surface area (Å²) in [5, 5.41) is 0.460. The molecule has 0 fully saturated rings. The molecule has 0 aromatic heterocycles. The number of thiol groups is 1. The number of hydrogen-bond donors (Lipinski definition) is 1. The van der Waals surface area contributed by atoms with E-state index in [9.17, 15) is 0 Å². The van der Waals surface area contributed by atoms with Crippen LogP contribution in [0.3, 0.4) is 0 Å². The van der Waals surface area contributed by atoms with Gasteiger partial charge in [-0.3, -0.25) is 0 Å². The van der Waals surface area contributed by atoms with Gasteiger partial charge in [-0.25, -0.2) is 0 Å². The molecule has 0 rings (SSSR count). The van der Waals surface area contributed by atoms with Gasteiger partial charge in [0.25, 0.3) is 0 Å². The standard InChI is InChI=1S/C13H30O2SSi/c1-4-5-6-7-8-9-10-11-13(16)12-17(14-2)15-3/h13,16-17H,4-12H2,1-3H3. The van der Waals surface area contributed by atoms with Gasteiger partial charge >= 0.3 is 9.28 Å². The molecular weight excluding hydrogens is 248 g/mol. The zero-order chi connectivity index (χ0) is 12.9. The number of unbranched alkanes of at least 4 members (excludes halogenated alkanes) is 6. The zero-order valence-electron chi connectivity index (χ0n) is 11.8. The average Bonchev–Trinajstić information content (AvgIpc) is 2.34. The van der Waals surface area contributed by atoms with E-state index in [1.807, 2.05) is 0 Å². The first-order chi connectivity index (χ1) is 8.24. The molecule has 0 radical (unpaired) electrons. The molecule has 0 spiro atoms. The van der Waals surface area contributed by atoms with Gasteiger partial charge in [-0.05, 0) is 12.5 Å². The van der Waals surface area contributed by atoms with Crippen LogP contribution in [0.25, 0.3) is 0 Å².